The number of nitrogens with one attached hydrogen (secondary N) is 3. The van der Waals surface area contributed by atoms with Gasteiger partial charge in [0.15, 0.2) is 0 Å². The van der Waals surface area contributed by atoms with Crippen molar-refractivity contribution in [3.63, 3.8) is 0 Å². The minimum atomic E-state index is -1.26. The van der Waals surface area contributed by atoms with E-state index in [2.05, 4.69) is 16.0 Å². The van der Waals surface area contributed by atoms with Crippen LogP contribution in [0.4, 0.5) is 4.79 Å². The maximum atomic E-state index is 13.1. The highest BCUT2D eigenvalue weighted by atomic mass is 35.5. The number of carbonyl (C=O) groups is 3. The van der Waals surface area contributed by atoms with Crippen molar-refractivity contribution in [1.82, 2.24) is 16.0 Å². The van der Waals surface area contributed by atoms with E-state index in [0.29, 0.717) is 13.0 Å². The third-order valence-electron chi connectivity index (χ3n) is 5.32. The molecule has 38 heavy (non-hydrogen) atoms. The lowest BCUT2D eigenvalue weighted by molar-refractivity contribution is -0.128. The molecule has 0 radical (unpaired) electrons. The molecule has 2 aromatic rings. The van der Waals surface area contributed by atoms with Crippen LogP contribution in [0, 0.1) is 0 Å². The predicted molar refractivity (Wildman–Crippen MR) is 147 cm³/mol. The Morgan fingerprint density at radius 2 is 1.66 bits per heavy atom. The lowest BCUT2D eigenvalue weighted by atomic mass is 10.00. The summed E-state index contributed by atoms with van der Waals surface area (Å²) in [4.78, 5) is 37.0. The summed E-state index contributed by atoms with van der Waals surface area (Å²) in [5.41, 5.74) is 6.38. The van der Waals surface area contributed by atoms with Crippen LogP contribution < -0.4 is 26.4 Å². The Kier molecular flexibility index (Phi) is 13.6. The lowest BCUT2D eigenvalue weighted by Gasteiger charge is -2.28. The topological polar surface area (TPSA) is 152 Å². The molecule has 2 aromatic carbocycles. The van der Waals surface area contributed by atoms with Crippen molar-refractivity contribution in [2.45, 2.75) is 63.9 Å². The molecule has 0 aromatic heterocycles. The Morgan fingerprint density at radius 1 is 1.00 bits per heavy atom. The molecule has 0 bridgehead atoms. The standard InChI is InChI=1S/C27H38N4O6.ClH/c1-27(2,3)37-26(35)31-22(15-24(28)33)25(34)30-21(14-18-9-6-5-7-10-18)23(32)17-29-16-19-11-8-12-20(13-19)36-4;/h5-13,21-23,29,32H,14-17H2,1-4H3,(H2,28,33)(H,30,34)(H,31,35);1H/t21-,22-,23+;/m0./s1. The van der Waals surface area contributed by atoms with E-state index in [0.717, 1.165) is 16.9 Å². The van der Waals surface area contributed by atoms with Gasteiger partial charge in [0, 0.05) is 13.1 Å². The van der Waals surface area contributed by atoms with Crippen molar-refractivity contribution < 1.29 is 29.0 Å². The van der Waals surface area contributed by atoms with Crippen LogP contribution >= 0.6 is 12.4 Å². The van der Waals surface area contributed by atoms with Gasteiger partial charge in [0.2, 0.25) is 11.8 Å². The number of hydrogen-bond donors (Lipinski definition) is 5. The van der Waals surface area contributed by atoms with Crippen molar-refractivity contribution in [3.05, 3.63) is 65.7 Å². The number of primary amides is 1. The van der Waals surface area contributed by atoms with Crippen molar-refractivity contribution in [1.29, 1.82) is 0 Å². The van der Waals surface area contributed by atoms with Crippen LogP contribution in [-0.4, -0.2) is 60.5 Å². The molecular weight excluding hydrogens is 512 g/mol. The van der Waals surface area contributed by atoms with Crippen LogP contribution in [-0.2, 0) is 27.3 Å². The Hall–Kier alpha value is -3.34. The number of amides is 3. The number of hydrogen-bond acceptors (Lipinski definition) is 7. The van der Waals surface area contributed by atoms with Gasteiger partial charge in [-0.05, 0) is 50.5 Å². The molecule has 11 heteroatoms. The minimum Gasteiger partial charge on any atom is -0.497 e. The molecule has 0 aliphatic heterocycles. The highest BCUT2D eigenvalue weighted by molar-refractivity contribution is 5.90. The van der Waals surface area contributed by atoms with Gasteiger partial charge in [0.05, 0.1) is 25.7 Å². The SMILES string of the molecule is COc1cccc(CNC[C@@H](O)[C@H](Cc2ccccc2)NC(=O)[C@H](CC(N)=O)NC(=O)OC(C)(C)C)c1.Cl. The molecule has 0 heterocycles. The predicted octanol–water partition coefficient (Wildman–Crippen LogP) is 2.06. The van der Waals surface area contributed by atoms with Gasteiger partial charge in [-0.15, -0.1) is 12.4 Å². The van der Waals surface area contributed by atoms with E-state index < -0.39 is 48.1 Å². The molecular formula is C27H39ClN4O6. The van der Waals surface area contributed by atoms with Gasteiger partial charge in [-0.3, -0.25) is 9.59 Å². The first-order chi connectivity index (χ1) is 17.5. The molecule has 0 saturated carbocycles. The summed E-state index contributed by atoms with van der Waals surface area (Å²) in [7, 11) is 1.59. The number of methoxy groups -OCH3 is 1. The number of benzene rings is 2. The Morgan fingerprint density at radius 3 is 2.26 bits per heavy atom. The van der Waals surface area contributed by atoms with Gasteiger partial charge in [0.25, 0.3) is 0 Å². The van der Waals surface area contributed by atoms with Crippen LogP contribution in [0.15, 0.2) is 54.6 Å². The normalized spacial score (nSPS) is 13.3. The van der Waals surface area contributed by atoms with Crippen molar-refractivity contribution in [2.24, 2.45) is 5.73 Å². The average molecular weight is 551 g/mol. The summed E-state index contributed by atoms with van der Waals surface area (Å²) in [5, 5.41) is 19.4. The molecule has 0 fully saturated rings. The highest BCUT2D eigenvalue weighted by Gasteiger charge is 2.29. The van der Waals surface area contributed by atoms with E-state index in [9.17, 15) is 19.5 Å². The highest BCUT2D eigenvalue weighted by Crippen LogP contribution is 2.13. The van der Waals surface area contributed by atoms with E-state index in [4.69, 9.17) is 15.2 Å². The maximum Gasteiger partial charge on any atom is 0.408 e. The number of rotatable bonds is 13. The van der Waals surface area contributed by atoms with E-state index in [1.807, 2.05) is 54.6 Å². The number of carbonyl (C=O) groups excluding carboxylic acids is 3. The van der Waals surface area contributed by atoms with E-state index >= 15 is 0 Å². The smallest absolute Gasteiger partial charge is 0.408 e. The van der Waals surface area contributed by atoms with Crippen LogP contribution in [0.1, 0.15) is 38.3 Å². The van der Waals surface area contributed by atoms with Crippen molar-refractivity contribution in [3.8, 4) is 5.75 Å². The number of aliphatic hydroxyl groups is 1. The molecule has 6 N–H and O–H groups in total. The van der Waals surface area contributed by atoms with Gasteiger partial charge >= 0.3 is 6.09 Å². The zero-order valence-corrected chi connectivity index (χ0v) is 23.0. The maximum absolute atomic E-state index is 13.1. The quantitative estimate of drug-likeness (QED) is 0.256. The summed E-state index contributed by atoms with van der Waals surface area (Å²) in [5.74, 6) is -0.694. The fourth-order valence-electron chi connectivity index (χ4n) is 3.58. The zero-order chi connectivity index (χ0) is 27.4. The van der Waals surface area contributed by atoms with Gasteiger partial charge in [-0.25, -0.2) is 4.79 Å². The van der Waals surface area contributed by atoms with Crippen LogP contribution in [0.5, 0.6) is 5.75 Å². The van der Waals surface area contributed by atoms with Crippen molar-refractivity contribution in [2.75, 3.05) is 13.7 Å². The molecule has 0 unspecified atom stereocenters. The third kappa shape index (κ3) is 12.3. The van der Waals surface area contributed by atoms with Gasteiger partial charge in [-0.2, -0.15) is 0 Å². The summed E-state index contributed by atoms with van der Waals surface area (Å²) in [6, 6.07) is 14.9. The summed E-state index contributed by atoms with van der Waals surface area (Å²) in [6.07, 6.45) is -1.93. The molecule has 3 amide bonds. The van der Waals surface area contributed by atoms with Gasteiger partial charge < -0.3 is 36.3 Å². The van der Waals surface area contributed by atoms with Crippen LogP contribution in [0.2, 0.25) is 0 Å². The first kappa shape index (κ1) is 32.7. The van der Waals surface area contributed by atoms with Gasteiger partial charge in [0.1, 0.15) is 17.4 Å². The van der Waals surface area contributed by atoms with Gasteiger partial charge in [-0.1, -0.05) is 42.5 Å². The Bertz CT molecular complexity index is 1030. The molecule has 10 nitrogen and oxygen atoms in total. The second kappa shape index (κ2) is 15.8. The molecule has 0 saturated heterocycles. The zero-order valence-electron chi connectivity index (χ0n) is 22.2. The van der Waals surface area contributed by atoms with Crippen LogP contribution in [0.25, 0.3) is 0 Å². The number of nitrogens with two attached hydrogens (primary N) is 1. The Balaban J connectivity index is 0.00000722. The number of ether oxygens (including phenoxy) is 2. The molecule has 3 atom stereocenters. The molecule has 2 rings (SSSR count). The van der Waals surface area contributed by atoms with Crippen molar-refractivity contribution >= 4 is 30.3 Å². The van der Waals surface area contributed by atoms with Crippen LogP contribution in [0.3, 0.4) is 0 Å². The monoisotopic (exact) mass is 550 g/mol. The van der Waals surface area contributed by atoms with E-state index in [1.165, 1.54) is 0 Å². The lowest BCUT2D eigenvalue weighted by Crippen LogP contribution is -2.56. The second-order valence-electron chi connectivity index (χ2n) is 9.72. The fourth-order valence-corrected chi connectivity index (χ4v) is 3.58. The van der Waals surface area contributed by atoms with E-state index in [1.54, 1.807) is 27.9 Å². The molecule has 0 aliphatic rings. The van der Waals surface area contributed by atoms with E-state index in [-0.39, 0.29) is 19.0 Å². The fraction of sp³-hybridized carbons (Fsp3) is 0.444. The number of aliphatic hydroxyl groups excluding tert-OH is 1. The third-order valence-corrected chi connectivity index (χ3v) is 5.32. The first-order valence-electron chi connectivity index (χ1n) is 12.1. The average Bonchev–Trinajstić information content (AvgIpc) is 2.82. The molecule has 0 spiro atoms. The summed E-state index contributed by atoms with van der Waals surface area (Å²) >= 11 is 0. The molecule has 0 aliphatic carbocycles. The number of halogens is 1. The molecule has 210 valence electrons. The second-order valence-corrected chi connectivity index (χ2v) is 9.72. The minimum absolute atomic E-state index is 0. The number of alkyl carbamates (subject to hydrolysis) is 1. The summed E-state index contributed by atoms with van der Waals surface area (Å²) < 4.78 is 10.4. The largest absolute Gasteiger partial charge is 0.497 e. The Labute approximate surface area is 230 Å². The summed E-state index contributed by atoms with van der Waals surface area (Å²) in [6.45, 7) is 5.70. The first-order valence-corrected chi connectivity index (χ1v) is 12.1.